The van der Waals surface area contributed by atoms with Crippen molar-refractivity contribution in [3.05, 3.63) is 24.0 Å². The first-order chi connectivity index (χ1) is 10.9. The van der Waals surface area contributed by atoms with Gasteiger partial charge in [-0.05, 0) is 37.5 Å². The number of carbonyl (C=O) groups is 1. The number of aromatic nitrogens is 2. The first kappa shape index (κ1) is 15.9. The van der Waals surface area contributed by atoms with E-state index in [0.29, 0.717) is 24.4 Å². The Morgan fingerprint density at radius 1 is 1.30 bits per heavy atom. The number of aliphatic carboxylic acids is 1. The largest absolute Gasteiger partial charge is 0.550 e. The highest BCUT2D eigenvalue weighted by Gasteiger charge is 2.27. The smallest absolute Gasteiger partial charge is 0.243 e. The molecule has 2 heterocycles. The van der Waals surface area contributed by atoms with Gasteiger partial charge in [0.25, 0.3) is 0 Å². The molecule has 1 saturated heterocycles. The molecule has 0 aliphatic carbocycles. The van der Waals surface area contributed by atoms with Crippen LogP contribution in [0.3, 0.4) is 0 Å². The molecule has 2 aromatic rings. The Balaban J connectivity index is 1.97. The number of carboxylic acid groups (broad SMARTS) is 1. The fourth-order valence-electron chi connectivity index (χ4n) is 2.90. The summed E-state index contributed by atoms with van der Waals surface area (Å²) in [5.74, 6) is -0.533. The van der Waals surface area contributed by atoms with Crippen LogP contribution >= 0.6 is 0 Å². The minimum Gasteiger partial charge on any atom is -0.550 e. The van der Waals surface area contributed by atoms with E-state index in [1.54, 1.807) is 29.8 Å². The number of hydrogen-bond acceptors (Lipinski definition) is 5. The van der Waals surface area contributed by atoms with E-state index in [1.165, 1.54) is 4.31 Å². The van der Waals surface area contributed by atoms with Gasteiger partial charge in [0.05, 0.1) is 15.9 Å². The lowest BCUT2D eigenvalue weighted by Crippen LogP contribution is -2.27. The minimum atomic E-state index is -3.48. The number of fused-ring (bicyclic) bond motifs is 1. The molecule has 0 spiro atoms. The van der Waals surface area contributed by atoms with Gasteiger partial charge in [-0.15, -0.1) is 0 Å². The van der Waals surface area contributed by atoms with Gasteiger partial charge >= 0.3 is 0 Å². The van der Waals surface area contributed by atoms with E-state index in [1.807, 2.05) is 0 Å². The van der Waals surface area contributed by atoms with Crippen molar-refractivity contribution in [1.29, 1.82) is 0 Å². The summed E-state index contributed by atoms with van der Waals surface area (Å²) in [6, 6.07) is 4.86. The number of imidazole rings is 1. The highest BCUT2D eigenvalue weighted by Crippen LogP contribution is 2.25. The average Bonchev–Trinajstić information content (AvgIpc) is 3.14. The molecule has 0 amide bonds. The van der Waals surface area contributed by atoms with Crippen molar-refractivity contribution in [1.82, 2.24) is 13.9 Å². The fourth-order valence-corrected chi connectivity index (χ4v) is 4.44. The van der Waals surface area contributed by atoms with Gasteiger partial charge < -0.3 is 14.5 Å². The van der Waals surface area contributed by atoms with Gasteiger partial charge in [-0.2, -0.15) is 4.31 Å². The van der Waals surface area contributed by atoms with Gasteiger partial charge in [-0.25, -0.2) is 13.4 Å². The van der Waals surface area contributed by atoms with Gasteiger partial charge in [-0.1, -0.05) is 0 Å². The molecule has 0 atom stereocenters. The van der Waals surface area contributed by atoms with E-state index in [0.717, 1.165) is 18.4 Å². The zero-order chi connectivity index (χ0) is 16.6. The third-order valence-electron chi connectivity index (χ3n) is 4.20. The van der Waals surface area contributed by atoms with E-state index in [9.17, 15) is 18.3 Å². The van der Waals surface area contributed by atoms with Crippen molar-refractivity contribution in [2.24, 2.45) is 7.05 Å². The molecule has 124 valence electrons. The second-order valence-corrected chi connectivity index (χ2v) is 7.66. The van der Waals surface area contributed by atoms with Crippen LogP contribution in [0, 0.1) is 0 Å². The molecule has 3 rings (SSSR count). The molecule has 1 fully saturated rings. The Morgan fingerprint density at radius 2 is 2.00 bits per heavy atom. The maximum absolute atomic E-state index is 12.6. The van der Waals surface area contributed by atoms with Crippen LogP contribution in [0.4, 0.5) is 0 Å². The SMILES string of the molecule is Cn1c(CCC(=O)[O-])nc2cc(S(=O)(=O)N3CCCC3)ccc21. The summed E-state index contributed by atoms with van der Waals surface area (Å²) in [5, 5.41) is 10.6. The molecule has 1 aromatic carbocycles. The van der Waals surface area contributed by atoms with Crippen molar-refractivity contribution in [3.63, 3.8) is 0 Å². The monoisotopic (exact) mass is 336 g/mol. The molecule has 23 heavy (non-hydrogen) atoms. The van der Waals surface area contributed by atoms with Crippen molar-refractivity contribution in [3.8, 4) is 0 Å². The van der Waals surface area contributed by atoms with Crippen LogP contribution < -0.4 is 5.11 Å². The van der Waals surface area contributed by atoms with Gasteiger partial charge in [0, 0.05) is 32.5 Å². The Bertz CT molecular complexity index is 851. The Hall–Kier alpha value is -1.93. The number of nitrogens with zero attached hydrogens (tertiary/aromatic N) is 3. The molecule has 0 bridgehead atoms. The topological polar surface area (TPSA) is 95.3 Å². The number of sulfonamides is 1. The Labute approximate surface area is 134 Å². The highest BCUT2D eigenvalue weighted by atomic mass is 32.2. The second-order valence-electron chi connectivity index (χ2n) is 5.72. The van der Waals surface area contributed by atoms with Crippen LogP contribution in [-0.4, -0.2) is 41.3 Å². The lowest BCUT2D eigenvalue weighted by Gasteiger charge is -2.15. The predicted octanol–water partition coefficient (Wildman–Crippen LogP) is 0.0403. The average molecular weight is 336 g/mol. The summed E-state index contributed by atoms with van der Waals surface area (Å²) >= 11 is 0. The van der Waals surface area contributed by atoms with E-state index < -0.39 is 16.0 Å². The van der Waals surface area contributed by atoms with Crippen LogP contribution in [0.25, 0.3) is 11.0 Å². The summed E-state index contributed by atoms with van der Waals surface area (Å²) in [6.07, 6.45) is 1.91. The standard InChI is InChI=1S/C15H19N3O4S/c1-17-13-5-4-11(23(21,22)18-8-2-3-9-18)10-12(13)16-14(17)6-7-15(19)20/h4-5,10H,2-3,6-9H2,1H3,(H,19,20)/p-1. The Morgan fingerprint density at radius 3 is 2.65 bits per heavy atom. The summed E-state index contributed by atoms with van der Waals surface area (Å²) < 4.78 is 28.5. The van der Waals surface area contributed by atoms with Crippen molar-refractivity contribution in [2.45, 2.75) is 30.6 Å². The Kier molecular flexibility index (Phi) is 4.11. The summed E-state index contributed by atoms with van der Waals surface area (Å²) in [7, 11) is -1.69. The van der Waals surface area contributed by atoms with Crippen molar-refractivity contribution >= 4 is 27.0 Å². The first-order valence-electron chi connectivity index (χ1n) is 7.55. The van der Waals surface area contributed by atoms with Gasteiger partial charge in [-0.3, -0.25) is 0 Å². The van der Waals surface area contributed by atoms with Gasteiger partial charge in [0.1, 0.15) is 5.82 Å². The zero-order valence-electron chi connectivity index (χ0n) is 12.9. The lowest BCUT2D eigenvalue weighted by molar-refractivity contribution is -0.305. The molecule has 0 radical (unpaired) electrons. The molecule has 7 nitrogen and oxygen atoms in total. The van der Waals surface area contributed by atoms with Crippen LogP contribution in [0.5, 0.6) is 0 Å². The number of hydrogen-bond donors (Lipinski definition) is 0. The molecule has 0 N–H and O–H groups in total. The zero-order valence-corrected chi connectivity index (χ0v) is 13.7. The van der Waals surface area contributed by atoms with E-state index in [-0.39, 0.29) is 17.7 Å². The maximum Gasteiger partial charge on any atom is 0.243 e. The van der Waals surface area contributed by atoms with Crippen molar-refractivity contribution in [2.75, 3.05) is 13.1 Å². The highest BCUT2D eigenvalue weighted by molar-refractivity contribution is 7.89. The van der Waals surface area contributed by atoms with Crippen LogP contribution in [-0.2, 0) is 28.3 Å². The molecule has 0 unspecified atom stereocenters. The number of carbonyl (C=O) groups excluding carboxylic acids is 1. The van der Waals surface area contributed by atoms with Crippen LogP contribution in [0.2, 0.25) is 0 Å². The normalized spacial score (nSPS) is 16.2. The fraction of sp³-hybridized carbons (Fsp3) is 0.467. The summed E-state index contributed by atoms with van der Waals surface area (Å²) in [5.41, 5.74) is 1.33. The quantitative estimate of drug-likeness (QED) is 0.768. The first-order valence-corrected chi connectivity index (χ1v) is 8.99. The number of aryl methyl sites for hydroxylation is 2. The van der Waals surface area contributed by atoms with Crippen molar-refractivity contribution < 1.29 is 18.3 Å². The van der Waals surface area contributed by atoms with E-state index in [2.05, 4.69) is 4.98 Å². The van der Waals surface area contributed by atoms with Gasteiger partial charge in [0.2, 0.25) is 10.0 Å². The molecular formula is C15H18N3O4S-. The second kappa shape index (κ2) is 5.93. The molecular weight excluding hydrogens is 318 g/mol. The molecule has 1 aliphatic rings. The third-order valence-corrected chi connectivity index (χ3v) is 6.10. The minimum absolute atomic E-state index is 0.115. The lowest BCUT2D eigenvalue weighted by atomic mass is 10.3. The van der Waals surface area contributed by atoms with Crippen LogP contribution in [0.1, 0.15) is 25.1 Å². The predicted molar refractivity (Wildman–Crippen MR) is 82.0 cm³/mol. The number of rotatable bonds is 5. The van der Waals surface area contributed by atoms with Gasteiger partial charge in [0.15, 0.2) is 0 Å². The maximum atomic E-state index is 12.6. The summed E-state index contributed by atoms with van der Waals surface area (Å²) in [4.78, 5) is 15.2. The van der Waals surface area contributed by atoms with E-state index in [4.69, 9.17) is 0 Å². The molecule has 8 heteroatoms. The van der Waals surface area contributed by atoms with E-state index >= 15 is 0 Å². The third kappa shape index (κ3) is 2.96. The molecule has 1 aliphatic heterocycles. The summed E-state index contributed by atoms with van der Waals surface area (Å²) in [6.45, 7) is 1.11. The molecule has 0 saturated carbocycles. The number of carboxylic acids is 1. The number of benzene rings is 1. The van der Waals surface area contributed by atoms with Crippen LogP contribution in [0.15, 0.2) is 23.1 Å². The molecule has 1 aromatic heterocycles.